The van der Waals surface area contributed by atoms with E-state index in [0.717, 1.165) is 18.9 Å². The van der Waals surface area contributed by atoms with Crippen LogP contribution in [0.4, 0.5) is 17.3 Å². The first-order chi connectivity index (χ1) is 10.8. The molecule has 3 rings (SSSR count). The highest BCUT2D eigenvalue weighted by Gasteiger charge is 2.18. The number of hydrogen-bond acceptors (Lipinski definition) is 6. The second-order valence-electron chi connectivity index (χ2n) is 5.34. The Hall–Kier alpha value is -2.34. The third-order valence-electron chi connectivity index (χ3n) is 3.83. The lowest BCUT2D eigenvalue weighted by molar-refractivity contribution is 0.122. The normalized spacial score (nSPS) is 16.3. The van der Waals surface area contributed by atoms with Crippen LogP contribution in [0.2, 0.25) is 0 Å². The van der Waals surface area contributed by atoms with E-state index in [4.69, 9.17) is 10.5 Å². The molecule has 2 aromatic rings. The molecule has 22 heavy (non-hydrogen) atoms. The molecule has 6 heteroatoms. The van der Waals surface area contributed by atoms with Gasteiger partial charge in [-0.1, -0.05) is 30.3 Å². The summed E-state index contributed by atoms with van der Waals surface area (Å²) < 4.78 is 5.37. The molecule has 1 atom stereocenters. The molecule has 0 aliphatic carbocycles. The van der Waals surface area contributed by atoms with Crippen molar-refractivity contribution < 1.29 is 4.74 Å². The standard InChI is InChI=1S/C16H21N5O/c1-12(13-5-3-2-4-6-13)20-15-14(17)16(19-11-18-15)21-7-9-22-10-8-21/h2-6,11-12H,7-10,17H2,1H3,(H,18,19,20). The summed E-state index contributed by atoms with van der Waals surface area (Å²) in [6, 6.07) is 10.3. The van der Waals surface area contributed by atoms with Crippen LogP contribution < -0.4 is 16.0 Å². The Morgan fingerprint density at radius 3 is 2.64 bits per heavy atom. The number of nitrogen functional groups attached to an aromatic ring is 1. The fraction of sp³-hybridized carbons (Fsp3) is 0.375. The number of aromatic nitrogens is 2. The first kappa shape index (κ1) is 14.6. The Labute approximate surface area is 130 Å². The second kappa shape index (κ2) is 6.62. The number of nitrogens with zero attached hydrogens (tertiary/aromatic N) is 3. The van der Waals surface area contributed by atoms with E-state index in [-0.39, 0.29) is 6.04 Å². The minimum Gasteiger partial charge on any atom is -0.393 e. The second-order valence-corrected chi connectivity index (χ2v) is 5.34. The zero-order valence-electron chi connectivity index (χ0n) is 12.7. The van der Waals surface area contributed by atoms with E-state index in [9.17, 15) is 0 Å². The smallest absolute Gasteiger partial charge is 0.157 e. The van der Waals surface area contributed by atoms with E-state index in [1.165, 1.54) is 5.56 Å². The van der Waals surface area contributed by atoms with Gasteiger partial charge in [-0.2, -0.15) is 0 Å². The Kier molecular flexibility index (Phi) is 4.39. The van der Waals surface area contributed by atoms with Crippen LogP contribution in [0.3, 0.4) is 0 Å². The van der Waals surface area contributed by atoms with Crippen molar-refractivity contribution in [3.8, 4) is 0 Å². The highest BCUT2D eigenvalue weighted by molar-refractivity contribution is 5.75. The summed E-state index contributed by atoms with van der Waals surface area (Å²) in [6.07, 6.45) is 1.56. The van der Waals surface area contributed by atoms with Crippen molar-refractivity contribution in [3.05, 3.63) is 42.2 Å². The van der Waals surface area contributed by atoms with Crippen LogP contribution in [0.5, 0.6) is 0 Å². The molecule has 1 unspecified atom stereocenters. The predicted octanol–water partition coefficient (Wildman–Crippen LogP) is 2.07. The summed E-state index contributed by atoms with van der Waals surface area (Å²) in [5.74, 6) is 1.45. The highest BCUT2D eigenvalue weighted by atomic mass is 16.5. The van der Waals surface area contributed by atoms with Gasteiger partial charge in [-0.15, -0.1) is 0 Å². The number of nitrogens with two attached hydrogens (primary N) is 1. The molecule has 1 aromatic heterocycles. The van der Waals surface area contributed by atoms with Crippen LogP contribution in [0.1, 0.15) is 18.5 Å². The van der Waals surface area contributed by atoms with Crippen LogP contribution in [-0.2, 0) is 4.74 Å². The van der Waals surface area contributed by atoms with E-state index in [0.29, 0.717) is 24.7 Å². The van der Waals surface area contributed by atoms with E-state index >= 15 is 0 Å². The molecule has 1 aromatic carbocycles. The zero-order valence-corrected chi connectivity index (χ0v) is 12.7. The van der Waals surface area contributed by atoms with Gasteiger partial charge in [0.2, 0.25) is 0 Å². The van der Waals surface area contributed by atoms with Gasteiger partial charge in [0, 0.05) is 13.1 Å². The number of morpholine rings is 1. The highest BCUT2D eigenvalue weighted by Crippen LogP contribution is 2.29. The summed E-state index contributed by atoms with van der Waals surface area (Å²) in [5, 5.41) is 3.37. The van der Waals surface area contributed by atoms with Gasteiger partial charge in [0.05, 0.1) is 19.3 Å². The van der Waals surface area contributed by atoms with Gasteiger partial charge in [-0.05, 0) is 12.5 Å². The predicted molar refractivity (Wildman–Crippen MR) is 88.0 cm³/mol. The lowest BCUT2D eigenvalue weighted by Gasteiger charge is -2.29. The van der Waals surface area contributed by atoms with Crippen molar-refractivity contribution in [1.29, 1.82) is 0 Å². The van der Waals surface area contributed by atoms with Crippen molar-refractivity contribution in [2.75, 3.05) is 42.3 Å². The van der Waals surface area contributed by atoms with Crippen LogP contribution in [-0.4, -0.2) is 36.3 Å². The zero-order chi connectivity index (χ0) is 15.4. The van der Waals surface area contributed by atoms with Crippen LogP contribution in [0, 0.1) is 0 Å². The number of hydrogen-bond donors (Lipinski definition) is 2. The number of benzene rings is 1. The maximum Gasteiger partial charge on any atom is 0.157 e. The fourth-order valence-electron chi connectivity index (χ4n) is 2.56. The minimum atomic E-state index is 0.121. The molecular weight excluding hydrogens is 278 g/mol. The van der Waals surface area contributed by atoms with Crippen molar-refractivity contribution in [2.24, 2.45) is 0 Å². The molecule has 0 bridgehead atoms. The largest absolute Gasteiger partial charge is 0.393 e. The lowest BCUT2D eigenvalue weighted by Crippen LogP contribution is -2.37. The van der Waals surface area contributed by atoms with Crippen LogP contribution in [0.15, 0.2) is 36.7 Å². The minimum absolute atomic E-state index is 0.121. The third kappa shape index (κ3) is 3.12. The van der Waals surface area contributed by atoms with Crippen molar-refractivity contribution >= 4 is 17.3 Å². The molecule has 1 fully saturated rings. The SMILES string of the molecule is CC(Nc1ncnc(N2CCOCC2)c1N)c1ccccc1. The quantitative estimate of drug-likeness (QED) is 0.900. The Balaban J connectivity index is 1.79. The van der Waals surface area contributed by atoms with Crippen LogP contribution >= 0.6 is 0 Å². The van der Waals surface area contributed by atoms with Crippen molar-refractivity contribution in [2.45, 2.75) is 13.0 Å². The maximum absolute atomic E-state index is 6.27. The molecule has 6 nitrogen and oxygen atoms in total. The van der Waals surface area contributed by atoms with Crippen molar-refractivity contribution in [1.82, 2.24) is 9.97 Å². The Morgan fingerprint density at radius 2 is 1.91 bits per heavy atom. The molecule has 2 heterocycles. The average Bonchev–Trinajstić information content (AvgIpc) is 2.58. The maximum atomic E-state index is 6.27. The molecule has 116 valence electrons. The van der Waals surface area contributed by atoms with E-state index < -0.39 is 0 Å². The van der Waals surface area contributed by atoms with E-state index in [1.807, 2.05) is 18.2 Å². The van der Waals surface area contributed by atoms with Crippen LogP contribution in [0.25, 0.3) is 0 Å². The van der Waals surface area contributed by atoms with Gasteiger partial charge in [0.15, 0.2) is 11.6 Å². The monoisotopic (exact) mass is 299 g/mol. The number of ether oxygens (including phenoxy) is 1. The number of nitrogens with one attached hydrogen (secondary N) is 1. The summed E-state index contributed by atoms with van der Waals surface area (Å²) >= 11 is 0. The summed E-state index contributed by atoms with van der Waals surface area (Å²) in [7, 11) is 0. The summed E-state index contributed by atoms with van der Waals surface area (Å²) in [5.41, 5.74) is 8.05. The first-order valence-corrected chi connectivity index (χ1v) is 7.50. The molecule has 1 aliphatic rings. The molecule has 0 radical (unpaired) electrons. The van der Waals surface area contributed by atoms with Crippen molar-refractivity contribution in [3.63, 3.8) is 0 Å². The molecular formula is C16H21N5O. The van der Waals surface area contributed by atoms with E-state index in [2.05, 4.69) is 39.2 Å². The number of anilines is 3. The van der Waals surface area contributed by atoms with Gasteiger partial charge in [-0.25, -0.2) is 9.97 Å². The molecule has 0 spiro atoms. The van der Waals surface area contributed by atoms with Gasteiger partial charge >= 0.3 is 0 Å². The van der Waals surface area contributed by atoms with E-state index in [1.54, 1.807) is 6.33 Å². The Morgan fingerprint density at radius 1 is 1.18 bits per heavy atom. The molecule has 3 N–H and O–H groups in total. The van der Waals surface area contributed by atoms with Gasteiger partial charge in [0.1, 0.15) is 12.0 Å². The molecule has 0 saturated carbocycles. The molecule has 0 amide bonds. The van der Waals surface area contributed by atoms with Gasteiger partial charge < -0.3 is 20.7 Å². The lowest BCUT2D eigenvalue weighted by atomic mass is 10.1. The third-order valence-corrected chi connectivity index (χ3v) is 3.83. The molecule has 1 aliphatic heterocycles. The summed E-state index contributed by atoms with van der Waals surface area (Å²) in [4.78, 5) is 10.8. The Bertz CT molecular complexity index is 613. The number of rotatable bonds is 4. The fourth-order valence-corrected chi connectivity index (χ4v) is 2.56. The first-order valence-electron chi connectivity index (χ1n) is 7.50. The average molecular weight is 299 g/mol. The van der Waals surface area contributed by atoms with Gasteiger partial charge in [-0.3, -0.25) is 0 Å². The topological polar surface area (TPSA) is 76.3 Å². The summed E-state index contributed by atoms with van der Waals surface area (Å²) in [6.45, 7) is 5.09. The van der Waals surface area contributed by atoms with Gasteiger partial charge in [0.25, 0.3) is 0 Å². The molecule has 1 saturated heterocycles.